The lowest BCUT2D eigenvalue weighted by molar-refractivity contribution is -0.141. The van der Waals surface area contributed by atoms with Gasteiger partial charge in [0.1, 0.15) is 5.82 Å². The SMILES string of the molecule is Cn1c(-c2ccncc2)nc2c(N3CCOCC3)nc(-n3ccc(C(F)(F)F)n3)nc21. The van der Waals surface area contributed by atoms with Gasteiger partial charge < -0.3 is 14.2 Å². The third kappa shape index (κ3) is 3.48. The first kappa shape index (κ1) is 19.4. The molecule has 5 rings (SSSR count). The van der Waals surface area contributed by atoms with Crippen molar-refractivity contribution in [2.45, 2.75) is 6.18 Å². The van der Waals surface area contributed by atoms with Gasteiger partial charge in [-0.3, -0.25) is 4.98 Å². The number of alkyl halides is 3. The number of aromatic nitrogens is 7. The summed E-state index contributed by atoms with van der Waals surface area (Å²) in [5, 5.41) is 3.62. The van der Waals surface area contributed by atoms with Gasteiger partial charge in [0, 0.05) is 44.3 Å². The summed E-state index contributed by atoms with van der Waals surface area (Å²) in [6.45, 7) is 2.20. The van der Waals surface area contributed by atoms with E-state index in [9.17, 15) is 13.2 Å². The molecular weight excluding hydrogens is 413 g/mol. The highest BCUT2D eigenvalue weighted by atomic mass is 19.4. The summed E-state index contributed by atoms with van der Waals surface area (Å²) in [4.78, 5) is 19.8. The fourth-order valence-electron chi connectivity index (χ4n) is 3.48. The lowest BCUT2D eigenvalue weighted by atomic mass is 10.2. The number of anilines is 1. The topological polar surface area (TPSA) is 86.8 Å². The highest BCUT2D eigenvalue weighted by Gasteiger charge is 2.34. The minimum Gasteiger partial charge on any atom is -0.378 e. The van der Waals surface area contributed by atoms with Crippen LogP contribution in [0, 0.1) is 0 Å². The highest BCUT2D eigenvalue weighted by molar-refractivity contribution is 5.87. The molecule has 31 heavy (non-hydrogen) atoms. The molecule has 0 unspecified atom stereocenters. The summed E-state index contributed by atoms with van der Waals surface area (Å²) in [6, 6.07) is 4.55. The predicted molar refractivity (Wildman–Crippen MR) is 105 cm³/mol. The Balaban J connectivity index is 1.70. The number of halogens is 3. The van der Waals surface area contributed by atoms with Crippen LogP contribution in [0.5, 0.6) is 0 Å². The zero-order valence-corrected chi connectivity index (χ0v) is 16.4. The summed E-state index contributed by atoms with van der Waals surface area (Å²) in [5.41, 5.74) is 0.876. The van der Waals surface area contributed by atoms with Crippen LogP contribution in [0.4, 0.5) is 19.0 Å². The molecule has 1 aliphatic rings. The number of pyridine rings is 1. The molecule has 1 fully saturated rings. The van der Waals surface area contributed by atoms with Crippen molar-refractivity contribution in [2.24, 2.45) is 7.05 Å². The number of morpholine rings is 1. The number of rotatable bonds is 3. The molecule has 0 saturated carbocycles. The van der Waals surface area contributed by atoms with Crippen molar-refractivity contribution in [3.8, 4) is 17.3 Å². The summed E-state index contributed by atoms with van der Waals surface area (Å²) in [7, 11) is 1.80. The molecule has 12 heteroatoms. The zero-order chi connectivity index (χ0) is 21.6. The molecular formula is C19H17F3N8O. The van der Waals surface area contributed by atoms with Crippen LogP contribution in [0.25, 0.3) is 28.5 Å². The molecule has 0 aromatic carbocycles. The first-order valence-corrected chi connectivity index (χ1v) is 9.52. The molecule has 4 aromatic rings. The molecule has 0 radical (unpaired) electrons. The second-order valence-electron chi connectivity index (χ2n) is 6.99. The van der Waals surface area contributed by atoms with Crippen molar-refractivity contribution >= 4 is 17.0 Å². The maximum Gasteiger partial charge on any atom is 0.435 e. The molecule has 160 valence electrons. The molecule has 0 amide bonds. The highest BCUT2D eigenvalue weighted by Crippen LogP contribution is 2.31. The Morgan fingerprint density at radius 3 is 2.42 bits per heavy atom. The lowest BCUT2D eigenvalue weighted by Gasteiger charge is -2.28. The van der Waals surface area contributed by atoms with E-state index in [2.05, 4.69) is 20.1 Å². The second-order valence-corrected chi connectivity index (χ2v) is 6.99. The maximum atomic E-state index is 13.0. The Labute approximate surface area is 174 Å². The van der Waals surface area contributed by atoms with Crippen molar-refractivity contribution in [3.63, 3.8) is 0 Å². The first-order valence-electron chi connectivity index (χ1n) is 9.52. The molecule has 0 N–H and O–H groups in total. The molecule has 1 saturated heterocycles. The molecule has 0 aliphatic carbocycles. The largest absolute Gasteiger partial charge is 0.435 e. The summed E-state index contributed by atoms with van der Waals surface area (Å²) in [5.74, 6) is 1.21. The fourth-order valence-corrected chi connectivity index (χ4v) is 3.48. The normalized spacial score (nSPS) is 15.0. The van der Waals surface area contributed by atoms with Crippen molar-refractivity contribution in [3.05, 3.63) is 42.5 Å². The fraction of sp³-hybridized carbons (Fsp3) is 0.316. The number of ether oxygens (including phenoxy) is 1. The van der Waals surface area contributed by atoms with Crippen LogP contribution in [-0.2, 0) is 18.0 Å². The minimum atomic E-state index is -4.55. The van der Waals surface area contributed by atoms with Gasteiger partial charge >= 0.3 is 6.18 Å². The Hall–Kier alpha value is -3.54. The van der Waals surface area contributed by atoms with Crippen LogP contribution in [0.3, 0.4) is 0 Å². The average Bonchev–Trinajstić information content (AvgIpc) is 3.40. The average molecular weight is 430 g/mol. The monoisotopic (exact) mass is 430 g/mol. The molecule has 0 bridgehead atoms. The summed E-state index contributed by atoms with van der Waals surface area (Å²) >= 11 is 0. The number of imidazole rings is 1. The third-order valence-electron chi connectivity index (χ3n) is 5.02. The van der Waals surface area contributed by atoms with Gasteiger partial charge in [-0.2, -0.15) is 28.2 Å². The van der Waals surface area contributed by atoms with Crippen LogP contribution >= 0.6 is 0 Å². The van der Waals surface area contributed by atoms with E-state index in [1.54, 1.807) is 24.0 Å². The number of aryl methyl sites for hydroxylation is 1. The van der Waals surface area contributed by atoms with Crippen LogP contribution < -0.4 is 4.90 Å². The number of fused-ring (bicyclic) bond motifs is 1. The molecule has 5 heterocycles. The minimum absolute atomic E-state index is 0.0359. The molecule has 0 atom stereocenters. The Bertz CT molecular complexity index is 1230. The van der Waals surface area contributed by atoms with Gasteiger partial charge in [0.05, 0.1) is 13.2 Å². The predicted octanol–water partition coefficient (Wildman–Crippen LogP) is 2.47. The Kier molecular flexibility index (Phi) is 4.58. The molecule has 4 aromatic heterocycles. The van der Waals surface area contributed by atoms with E-state index in [1.807, 2.05) is 17.0 Å². The Morgan fingerprint density at radius 2 is 1.74 bits per heavy atom. The van der Waals surface area contributed by atoms with Crippen molar-refractivity contribution in [1.29, 1.82) is 0 Å². The molecule has 9 nitrogen and oxygen atoms in total. The summed E-state index contributed by atoms with van der Waals surface area (Å²) in [6.07, 6.45) is -0.0230. The smallest absolute Gasteiger partial charge is 0.378 e. The van der Waals surface area contributed by atoms with Gasteiger partial charge in [0.25, 0.3) is 5.95 Å². The van der Waals surface area contributed by atoms with E-state index in [-0.39, 0.29) is 5.95 Å². The van der Waals surface area contributed by atoms with Crippen LogP contribution in [0.15, 0.2) is 36.8 Å². The van der Waals surface area contributed by atoms with E-state index in [4.69, 9.17) is 9.72 Å². The molecule has 0 spiro atoms. The third-order valence-corrected chi connectivity index (χ3v) is 5.02. The Morgan fingerprint density at radius 1 is 1.00 bits per heavy atom. The van der Waals surface area contributed by atoms with Gasteiger partial charge in [-0.15, -0.1) is 0 Å². The van der Waals surface area contributed by atoms with E-state index >= 15 is 0 Å². The van der Waals surface area contributed by atoms with Gasteiger partial charge in [-0.1, -0.05) is 0 Å². The maximum absolute atomic E-state index is 13.0. The van der Waals surface area contributed by atoms with E-state index in [1.165, 1.54) is 6.20 Å². The number of hydrogen-bond donors (Lipinski definition) is 0. The second kappa shape index (κ2) is 7.30. The standard InChI is InChI=1S/C19H17F3N8O/c1-28-15(12-2-5-23-6-3-12)24-14-16(28)25-18(26-17(14)29-8-10-31-11-9-29)30-7-4-13(27-30)19(20,21)22/h2-7H,8-11H2,1H3. The summed E-state index contributed by atoms with van der Waals surface area (Å²) < 4.78 is 47.4. The molecule has 1 aliphatic heterocycles. The lowest BCUT2D eigenvalue weighted by Crippen LogP contribution is -2.37. The van der Waals surface area contributed by atoms with Crippen molar-refractivity contribution < 1.29 is 17.9 Å². The van der Waals surface area contributed by atoms with Crippen LogP contribution in [-0.4, -0.2) is 60.6 Å². The van der Waals surface area contributed by atoms with E-state index < -0.39 is 11.9 Å². The van der Waals surface area contributed by atoms with Crippen LogP contribution in [0.1, 0.15) is 5.69 Å². The van der Waals surface area contributed by atoms with Gasteiger partial charge in [-0.25, -0.2) is 9.67 Å². The van der Waals surface area contributed by atoms with E-state index in [0.29, 0.717) is 49.1 Å². The zero-order valence-electron chi connectivity index (χ0n) is 16.4. The van der Waals surface area contributed by atoms with Crippen LogP contribution in [0.2, 0.25) is 0 Å². The van der Waals surface area contributed by atoms with Crippen molar-refractivity contribution in [1.82, 2.24) is 34.3 Å². The van der Waals surface area contributed by atoms with Gasteiger partial charge in [0.15, 0.2) is 22.7 Å². The van der Waals surface area contributed by atoms with E-state index in [0.717, 1.165) is 16.3 Å². The number of hydrogen-bond acceptors (Lipinski definition) is 7. The van der Waals surface area contributed by atoms with Crippen molar-refractivity contribution in [2.75, 3.05) is 31.2 Å². The number of nitrogens with zero attached hydrogens (tertiary/aromatic N) is 8. The first-order chi connectivity index (χ1) is 14.9. The van der Waals surface area contributed by atoms with Gasteiger partial charge in [-0.05, 0) is 18.2 Å². The van der Waals surface area contributed by atoms with Gasteiger partial charge in [0.2, 0.25) is 0 Å². The quantitative estimate of drug-likeness (QED) is 0.494.